The molecule has 0 bridgehead atoms. The van der Waals surface area contributed by atoms with Crippen molar-refractivity contribution in [2.75, 3.05) is 25.5 Å². The van der Waals surface area contributed by atoms with Crippen LogP contribution >= 0.6 is 0 Å². The second-order valence-corrected chi connectivity index (χ2v) is 11.3. The summed E-state index contributed by atoms with van der Waals surface area (Å²) in [6, 6.07) is -2.43. The van der Waals surface area contributed by atoms with Crippen LogP contribution in [0.5, 0.6) is 0 Å². The molecule has 0 radical (unpaired) electrons. The monoisotopic (exact) mass is 565 g/mol. The summed E-state index contributed by atoms with van der Waals surface area (Å²) in [7, 11) is 1.28. The number of benzene rings is 1. The number of piperidine rings is 1. The van der Waals surface area contributed by atoms with Gasteiger partial charge < -0.3 is 26.2 Å². The standard InChI is InChI=1S/C27H34F3N5O5/c1-5-17(33-20-15(29)9-13(28)10-16(20)30)26(40)35-11-14-19(27(14,2)3)21(35)24(38)34-18(22(36)25(39)31-4)8-12-6-7-32-23(12)37/h9-10,12,14,17-19,21,33H,5-8,11H2,1-4H3,(H,31,39)(H,32,37)(H,34,38)/t12-,14-,17?,18?,19-,21-/m0/s1. The van der Waals surface area contributed by atoms with Crippen molar-refractivity contribution in [3.63, 3.8) is 0 Å². The van der Waals surface area contributed by atoms with Gasteiger partial charge in [0.1, 0.15) is 23.6 Å². The average molecular weight is 566 g/mol. The molecule has 4 amide bonds. The number of hydrogen-bond donors (Lipinski definition) is 4. The Morgan fingerprint density at radius 3 is 2.33 bits per heavy atom. The third-order valence-corrected chi connectivity index (χ3v) is 8.56. The molecular weight excluding hydrogens is 531 g/mol. The Morgan fingerprint density at radius 2 is 1.77 bits per heavy atom. The van der Waals surface area contributed by atoms with Crippen molar-refractivity contribution >= 4 is 35.1 Å². The maximum atomic E-state index is 14.3. The van der Waals surface area contributed by atoms with Gasteiger partial charge in [-0.1, -0.05) is 20.8 Å². The largest absolute Gasteiger partial charge is 0.369 e. The van der Waals surface area contributed by atoms with Gasteiger partial charge in [-0.05, 0) is 36.5 Å². The topological polar surface area (TPSA) is 137 Å². The van der Waals surface area contributed by atoms with Gasteiger partial charge in [-0.25, -0.2) is 13.2 Å². The van der Waals surface area contributed by atoms with Gasteiger partial charge in [0.05, 0.1) is 6.04 Å². The number of anilines is 1. The molecule has 3 aliphatic rings. The van der Waals surface area contributed by atoms with Gasteiger partial charge >= 0.3 is 0 Å². The molecule has 2 aliphatic heterocycles. The van der Waals surface area contributed by atoms with Gasteiger partial charge in [0.25, 0.3) is 5.91 Å². The highest BCUT2D eigenvalue weighted by molar-refractivity contribution is 6.38. The van der Waals surface area contributed by atoms with Crippen LogP contribution in [-0.2, 0) is 24.0 Å². The van der Waals surface area contributed by atoms with Crippen LogP contribution in [0.15, 0.2) is 12.1 Å². The number of likely N-dealkylation sites (tertiary alicyclic amines) is 1. The van der Waals surface area contributed by atoms with Crippen LogP contribution < -0.4 is 21.3 Å². The Balaban J connectivity index is 1.57. The van der Waals surface area contributed by atoms with Gasteiger partial charge in [-0.2, -0.15) is 0 Å². The number of ketones is 1. The summed E-state index contributed by atoms with van der Waals surface area (Å²) in [6.45, 7) is 6.16. The maximum Gasteiger partial charge on any atom is 0.289 e. The number of hydrogen-bond acceptors (Lipinski definition) is 6. The molecule has 3 fully saturated rings. The molecule has 1 aliphatic carbocycles. The van der Waals surface area contributed by atoms with E-state index in [4.69, 9.17) is 0 Å². The smallest absolute Gasteiger partial charge is 0.289 e. The number of amides is 4. The first-order chi connectivity index (χ1) is 18.8. The molecule has 1 saturated carbocycles. The fraction of sp³-hybridized carbons (Fsp3) is 0.593. The highest BCUT2D eigenvalue weighted by Gasteiger charge is 2.69. The van der Waals surface area contributed by atoms with E-state index < -0.39 is 70.7 Å². The molecule has 0 spiro atoms. The normalized spacial score (nSPS) is 25.9. The third kappa shape index (κ3) is 5.37. The minimum absolute atomic E-state index is 0.0299. The Labute approximate surface area is 229 Å². The lowest BCUT2D eigenvalue weighted by molar-refractivity contribution is -0.143. The average Bonchev–Trinajstić information content (AvgIpc) is 3.24. The summed E-state index contributed by atoms with van der Waals surface area (Å²) >= 11 is 0. The zero-order valence-electron chi connectivity index (χ0n) is 22.8. The number of halogens is 3. The molecule has 0 aromatic heterocycles. The fourth-order valence-corrected chi connectivity index (χ4v) is 6.13. The fourth-order valence-electron chi connectivity index (χ4n) is 6.13. The van der Waals surface area contributed by atoms with E-state index in [0.717, 1.165) is 0 Å². The van der Waals surface area contributed by atoms with Crippen LogP contribution in [0.4, 0.5) is 18.9 Å². The molecule has 1 aromatic rings. The Bertz CT molecular complexity index is 1220. The minimum atomic E-state index is -1.29. The molecule has 1 aromatic carbocycles. The molecule has 40 heavy (non-hydrogen) atoms. The van der Waals surface area contributed by atoms with Crippen molar-refractivity contribution in [3.05, 3.63) is 29.6 Å². The lowest BCUT2D eigenvalue weighted by Crippen LogP contribution is -2.57. The van der Waals surface area contributed by atoms with E-state index in [1.54, 1.807) is 6.92 Å². The zero-order valence-corrected chi connectivity index (χ0v) is 22.8. The van der Waals surface area contributed by atoms with Gasteiger partial charge in [0, 0.05) is 38.2 Å². The van der Waals surface area contributed by atoms with Gasteiger partial charge in [0.15, 0.2) is 11.6 Å². The van der Waals surface area contributed by atoms with Crippen molar-refractivity contribution in [2.45, 2.75) is 58.2 Å². The first-order valence-corrected chi connectivity index (χ1v) is 13.4. The number of carbonyl (C=O) groups is 5. The van der Waals surface area contributed by atoms with Crippen molar-refractivity contribution in [1.29, 1.82) is 0 Å². The first-order valence-electron chi connectivity index (χ1n) is 13.4. The maximum absolute atomic E-state index is 14.3. The predicted molar refractivity (Wildman–Crippen MR) is 137 cm³/mol. The number of nitrogens with one attached hydrogen (secondary N) is 4. The van der Waals surface area contributed by atoms with Crippen LogP contribution in [0.25, 0.3) is 0 Å². The highest BCUT2D eigenvalue weighted by Crippen LogP contribution is 2.65. The lowest BCUT2D eigenvalue weighted by Gasteiger charge is -2.34. The quantitative estimate of drug-likeness (QED) is 0.314. The molecule has 2 saturated heterocycles. The summed E-state index contributed by atoms with van der Waals surface area (Å²) in [5, 5.41) is 10.1. The van der Waals surface area contributed by atoms with Crippen molar-refractivity contribution in [3.8, 4) is 0 Å². The summed E-state index contributed by atoms with van der Waals surface area (Å²) < 4.78 is 42.0. The Hall–Kier alpha value is -3.64. The number of Topliss-reactive ketones (excluding diaryl/α,β-unsaturated/α-hetero) is 1. The number of fused-ring (bicyclic) bond motifs is 1. The molecule has 13 heteroatoms. The number of likely N-dealkylation sites (N-methyl/N-ethyl adjacent to an activating group) is 1. The van der Waals surface area contributed by atoms with E-state index in [-0.39, 0.29) is 42.5 Å². The zero-order chi connectivity index (χ0) is 29.5. The Morgan fingerprint density at radius 1 is 1.12 bits per heavy atom. The minimum Gasteiger partial charge on any atom is -0.369 e. The summed E-state index contributed by atoms with van der Waals surface area (Å²) in [5.74, 6) is -7.70. The third-order valence-electron chi connectivity index (χ3n) is 8.56. The molecule has 10 nitrogen and oxygen atoms in total. The second kappa shape index (κ2) is 11.1. The molecule has 2 heterocycles. The van der Waals surface area contributed by atoms with Gasteiger partial charge in [-0.15, -0.1) is 0 Å². The van der Waals surface area contributed by atoms with E-state index in [2.05, 4.69) is 21.3 Å². The highest BCUT2D eigenvalue weighted by atomic mass is 19.1. The lowest BCUT2D eigenvalue weighted by atomic mass is 9.94. The number of rotatable bonds is 10. The van der Waals surface area contributed by atoms with Crippen LogP contribution in [0.2, 0.25) is 0 Å². The molecule has 4 rings (SSSR count). The summed E-state index contributed by atoms with van der Waals surface area (Å²) in [5.41, 5.74) is -0.937. The van der Waals surface area contributed by atoms with Crippen molar-refractivity contribution in [1.82, 2.24) is 20.9 Å². The van der Waals surface area contributed by atoms with E-state index in [1.807, 2.05) is 13.8 Å². The SMILES string of the molecule is CCC(Nc1c(F)cc(F)cc1F)C(=O)N1C[C@H]2[C@@H]([C@H]1C(=O)NC(C[C@@H]1CCNC1=O)C(=O)C(=O)NC)C2(C)C. The number of nitrogens with zero attached hydrogens (tertiary/aromatic N) is 1. The van der Waals surface area contributed by atoms with Crippen molar-refractivity contribution in [2.24, 2.45) is 23.2 Å². The van der Waals surface area contributed by atoms with E-state index in [9.17, 15) is 37.1 Å². The van der Waals surface area contributed by atoms with E-state index >= 15 is 0 Å². The molecule has 6 atom stereocenters. The summed E-state index contributed by atoms with van der Waals surface area (Å²) in [6.07, 6.45) is 0.468. The second-order valence-electron chi connectivity index (χ2n) is 11.3. The molecule has 4 N–H and O–H groups in total. The molecular formula is C27H34F3N5O5. The number of carbonyl (C=O) groups excluding carboxylic acids is 5. The van der Waals surface area contributed by atoms with Crippen molar-refractivity contribution < 1.29 is 37.1 Å². The molecule has 218 valence electrons. The van der Waals surface area contributed by atoms with Crippen LogP contribution in [0, 0.1) is 40.6 Å². The Kier molecular flexibility index (Phi) is 8.13. The predicted octanol–water partition coefficient (Wildman–Crippen LogP) is 1.10. The van der Waals surface area contributed by atoms with Crippen LogP contribution in [0.1, 0.15) is 40.0 Å². The van der Waals surface area contributed by atoms with E-state index in [0.29, 0.717) is 25.1 Å². The summed E-state index contributed by atoms with van der Waals surface area (Å²) in [4.78, 5) is 65.9. The van der Waals surface area contributed by atoms with Crippen LogP contribution in [-0.4, -0.2) is 72.6 Å². The van der Waals surface area contributed by atoms with E-state index in [1.165, 1.54) is 11.9 Å². The molecule has 2 unspecified atom stereocenters. The van der Waals surface area contributed by atoms with Crippen LogP contribution in [0.3, 0.4) is 0 Å². The van der Waals surface area contributed by atoms with Gasteiger partial charge in [-0.3, -0.25) is 24.0 Å². The van der Waals surface area contributed by atoms with Gasteiger partial charge in [0.2, 0.25) is 23.5 Å². The first kappa shape index (κ1) is 29.3.